The first-order valence-electron chi connectivity index (χ1n) is 50.4. The molecule has 850 valence electrons. The number of carboxylic acid groups (broad SMARTS) is 2. The predicted molar refractivity (Wildman–Crippen MR) is 638 cm³/mol. The molecule has 0 bridgehead atoms. The number of aliphatic carboxylic acids is 2. The zero-order chi connectivity index (χ0) is 91.7. The number of ether oxygens (including phenoxy) is 2. The molecule has 0 heterocycles. The molecule has 0 amide bonds. The third-order valence-corrected chi connectivity index (χ3v) is 66.8. The minimum atomic E-state index is -2.68. The largest absolute Gasteiger partial charge is 0.481 e. The van der Waals surface area contributed by atoms with Crippen LogP contribution in [0.5, 0.6) is 0 Å². The van der Waals surface area contributed by atoms with Gasteiger partial charge in [0.2, 0.25) is 0 Å². The molecule has 0 aliphatic rings. The van der Waals surface area contributed by atoms with Crippen LogP contribution in [0.3, 0.4) is 0 Å². The number of carbonyl (C=O) groups is 4. The predicted octanol–water partition coefficient (Wildman–Crippen LogP) is 40.3. The van der Waals surface area contributed by atoms with E-state index in [-0.39, 0.29) is 224 Å². The molecule has 0 aliphatic carbocycles. The SMILES string of the molecule is C.C.C.C.C.C.C.C.C.C.C.C.C.C.CCCCCCCCCCCCCCCC[Si](C)(O[Si](C)(C)C)O[Si](C)(CCCCCCCCCCCOC(=O)CC(CCC[Si](C)(C)O[Si](C)(C)CCCC(CC(=O)O)C(=O)OCCCCCCCCCCC[Si](C)(O[Si](C)(C)O[Si](C)(C)C)O[Si](C)(CCCCCCCCCCCCCCCC)O[Si](C)(C)C)C(=O)O)O[Si](C)(C)O[Si](C)(C)C.[W].[W].[Y].[Y]. The van der Waals surface area contributed by atoms with Gasteiger partial charge in [-0.3, -0.25) is 19.2 Å². The maximum absolute atomic E-state index is 13.4. The molecule has 17 nitrogen and oxygen atoms in total. The Morgan fingerprint density at radius 1 is 0.230 bits per heavy atom. The summed E-state index contributed by atoms with van der Waals surface area (Å²) in [6, 6.07) is 5.47. The van der Waals surface area contributed by atoms with Crippen molar-refractivity contribution < 1.29 is 183 Å². The minimum Gasteiger partial charge on any atom is -0.481 e. The maximum Gasteiger partial charge on any atom is 0.317 e. The van der Waals surface area contributed by atoms with Crippen LogP contribution in [0.1, 0.15) is 452 Å². The Labute approximate surface area is 968 Å². The van der Waals surface area contributed by atoms with Crippen molar-refractivity contribution in [2.75, 3.05) is 13.2 Å². The molecule has 0 saturated carbocycles. The molecule has 0 spiro atoms. The maximum atomic E-state index is 13.4. The van der Waals surface area contributed by atoms with Crippen LogP contribution in [-0.2, 0) is 173 Å². The average Bonchev–Trinajstić information content (AvgIpc) is 0.804. The summed E-state index contributed by atoms with van der Waals surface area (Å²) in [4.78, 5) is 50.7. The van der Waals surface area contributed by atoms with Gasteiger partial charge in [-0.05, 0) is 219 Å². The zero-order valence-corrected chi connectivity index (χ0v) is 110. The first-order chi connectivity index (χ1) is 56.3. The second-order valence-corrected chi connectivity index (χ2v) is 92.4. The van der Waals surface area contributed by atoms with Crippen LogP contribution < -0.4 is 0 Å². The summed E-state index contributed by atoms with van der Waals surface area (Å²) in [6.45, 7) is 59.4. The van der Waals surface area contributed by atoms with Gasteiger partial charge in [-0.15, -0.1) is 0 Å². The number of rotatable bonds is 86. The monoisotopic (exact) mass is 2690 g/mol. The molecule has 0 aliphatic heterocycles. The minimum absolute atomic E-state index is 0. The van der Waals surface area contributed by atoms with E-state index in [1.807, 2.05) is 0 Å². The van der Waals surface area contributed by atoms with Crippen molar-refractivity contribution in [3.05, 3.63) is 0 Å². The van der Waals surface area contributed by atoms with Gasteiger partial charge in [0.25, 0.3) is 0 Å². The number of unbranched alkanes of at least 4 members (excludes halogenated alkanes) is 42. The van der Waals surface area contributed by atoms with Gasteiger partial charge in [0.1, 0.15) is 0 Å². The Morgan fingerprint density at radius 2 is 0.439 bits per heavy atom. The summed E-state index contributed by atoms with van der Waals surface area (Å²) in [7, 11) is -27.3. The number of hydrogen-bond donors (Lipinski definition) is 2. The molecule has 6 unspecified atom stereocenters. The molecular formula is C106H258O17Si12W2Y2. The van der Waals surface area contributed by atoms with Crippen LogP contribution in [-0.4, -0.2) is 149 Å². The Kier molecular flexibility index (Phi) is 139. The molecule has 0 aromatic carbocycles. The summed E-state index contributed by atoms with van der Waals surface area (Å²) >= 11 is 0. The molecule has 2 N–H and O–H groups in total. The van der Waals surface area contributed by atoms with Gasteiger partial charge in [-0.1, -0.05) is 413 Å². The van der Waals surface area contributed by atoms with E-state index in [1.54, 1.807) is 0 Å². The van der Waals surface area contributed by atoms with Crippen LogP contribution in [0.15, 0.2) is 0 Å². The van der Waals surface area contributed by atoms with E-state index < -0.39 is 137 Å². The Bertz CT molecular complexity index is 2660. The van der Waals surface area contributed by atoms with Crippen LogP contribution in [0.4, 0.5) is 0 Å². The van der Waals surface area contributed by atoms with Crippen molar-refractivity contribution in [2.24, 2.45) is 11.8 Å². The molecule has 139 heavy (non-hydrogen) atoms. The average molecular weight is 2690 g/mol. The van der Waals surface area contributed by atoms with E-state index in [1.165, 1.54) is 205 Å². The molecule has 33 heteroatoms. The van der Waals surface area contributed by atoms with E-state index in [2.05, 4.69) is 171 Å². The van der Waals surface area contributed by atoms with Gasteiger partial charge in [0, 0.05) is 108 Å². The number of carbonyl (C=O) groups excluding carboxylic acids is 2. The third-order valence-electron chi connectivity index (χ3n) is 22.7. The van der Waals surface area contributed by atoms with E-state index in [9.17, 15) is 29.4 Å². The van der Waals surface area contributed by atoms with Crippen molar-refractivity contribution in [1.82, 2.24) is 0 Å². The fourth-order valence-corrected chi connectivity index (χ4v) is 74.9. The summed E-state index contributed by atoms with van der Waals surface area (Å²) < 4.78 is 75.5. The van der Waals surface area contributed by atoms with E-state index in [4.69, 9.17) is 46.5 Å². The Morgan fingerprint density at radius 3 is 0.662 bits per heavy atom. The first kappa shape index (κ1) is 187. The Hall–Kier alpha value is 3.71. The second-order valence-electron chi connectivity index (χ2n) is 43.5. The van der Waals surface area contributed by atoms with Gasteiger partial charge in [0.05, 0.1) is 37.9 Å². The van der Waals surface area contributed by atoms with Gasteiger partial charge < -0.3 is 56.7 Å². The standard InChI is InChI=1S/C92H202O17Si12.14CH4.2W.2Y/c1-27-29-31-33-35-37-39-41-43-45-51-57-63-69-81-118(23,103-112(9,10)11)108-120(25,106-116(19,20)101-110(3,4)5)83-71-65-59-53-47-49-55-61-67-77-99-90(95)86-87(91(96)97)75-73-79-114(15,16)105-115(17,18)80-74-76-88(85-89(93)94)92(98)100-78-68-62-56-50-48-54-60-66-72-84-121(26,107-117(21,22)102-111(6,7)8)109-119(24,104-113(12,13)14)82-70-64-58-52-46-44-42-40-38-36-34-32-30-28-2;;;;;;;;;;;;;;;;;;/h87-88H,27-86H2,1-26H3,(H,93,94)(H,96,97);14*1H4;;;;. The van der Waals surface area contributed by atoms with E-state index >= 15 is 0 Å². The van der Waals surface area contributed by atoms with Crippen LogP contribution in [0, 0.1) is 11.8 Å². The molecule has 0 rings (SSSR count). The van der Waals surface area contributed by atoms with Crippen molar-refractivity contribution in [3.8, 4) is 0 Å². The van der Waals surface area contributed by atoms with E-state index in [0.29, 0.717) is 38.9 Å². The molecule has 0 aromatic heterocycles. The fraction of sp³-hybridized carbons (Fsp3) is 0.962. The topological polar surface area (TPSA) is 210 Å². The normalized spacial score (nSPS) is 13.5. The zero-order valence-electron chi connectivity index (χ0n) is 86.6. The quantitative estimate of drug-likeness (QED) is 0.0329. The fourth-order valence-electron chi connectivity index (χ4n) is 18.1. The van der Waals surface area contributed by atoms with Gasteiger partial charge in [-0.2, -0.15) is 0 Å². The van der Waals surface area contributed by atoms with Crippen molar-refractivity contribution in [2.45, 2.75) is 645 Å². The van der Waals surface area contributed by atoms with Crippen LogP contribution >= 0.6 is 0 Å². The smallest absolute Gasteiger partial charge is 0.317 e. The molecule has 0 fully saturated rings. The number of esters is 2. The van der Waals surface area contributed by atoms with Crippen molar-refractivity contribution in [1.29, 1.82) is 0 Å². The second kappa shape index (κ2) is 103. The van der Waals surface area contributed by atoms with Crippen LogP contribution in [0.2, 0.25) is 193 Å². The Balaban J connectivity index is -0.000000471. The molecule has 0 aromatic rings. The summed E-state index contributed by atoms with van der Waals surface area (Å²) in [5.41, 5.74) is 0. The molecule has 0 saturated heterocycles. The first-order valence-corrected chi connectivity index (χ1v) is 86.0. The van der Waals surface area contributed by atoms with E-state index in [0.717, 1.165) is 126 Å². The molecule has 2 radical (unpaired) electrons. The van der Waals surface area contributed by atoms with Gasteiger partial charge in [-0.25, -0.2) is 0 Å². The molecular weight excluding hydrogens is 2430 g/mol. The van der Waals surface area contributed by atoms with Gasteiger partial charge >= 0.3 is 75.2 Å². The number of hydrogen-bond acceptors (Lipinski definition) is 15. The van der Waals surface area contributed by atoms with Crippen molar-refractivity contribution >= 4 is 125 Å². The summed E-state index contributed by atoms with van der Waals surface area (Å²) in [5, 5.41) is 20.0. The van der Waals surface area contributed by atoms with Gasteiger partial charge in [0.15, 0.2) is 49.9 Å². The molecule has 6 atom stereocenters. The number of carboxylic acids is 2. The third kappa shape index (κ3) is 117. The van der Waals surface area contributed by atoms with Crippen LogP contribution in [0.25, 0.3) is 0 Å². The van der Waals surface area contributed by atoms with Crippen molar-refractivity contribution in [3.63, 3.8) is 0 Å². The summed E-state index contributed by atoms with van der Waals surface area (Å²) in [5.74, 6) is -4.39. The summed E-state index contributed by atoms with van der Waals surface area (Å²) in [6.07, 6.45) is 58.8.